The van der Waals surface area contributed by atoms with Crippen LogP contribution in [0.1, 0.15) is 5.56 Å². The maximum absolute atomic E-state index is 8.99. The van der Waals surface area contributed by atoms with Crippen LogP contribution in [0.3, 0.4) is 0 Å². The van der Waals surface area contributed by atoms with Crippen LogP contribution in [0.4, 0.5) is 5.69 Å². The Bertz CT molecular complexity index is 215. The van der Waals surface area contributed by atoms with E-state index in [0.717, 1.165) is 0 Å². The fourth-order valence-electron chi connectivity index (χ4n) is 0.623. The van der Waals surface area contributed by atoms with Crippen molar-refractivity contribution in [2.75, 3.05) is 5.73 Å². The number of phenolic OH excluding ortho intramolecular Hbond substituents is 1. The molecule has 0 aliphatic heterocycles. The Morgan fingerprint density at radius 1 is 1.64 bits per heavy atom. The molecular formula is C7H7ClNOY-. The van der Waals surface area contributed by atoms with Crippen molar-refractivity contribution in [2.45, 2.75) is 6.92 Å². The molecule has 0 aliphatic rings. The maximum atomic E-state index is 8.99. The monoisotopic (exact) mass is 245 g/mol. The second kappa shape index (κ2) is 4.29. The number of benzene rings is 1. The van der Waals surface area contributed by atoms with Crippen molar-refractivity contribution in [3.8, 4) is 5.75 Å². The number of nitrogens with two attached hydrogens (primary N) is 1. The van der Waals surface area contributed by atoms with Gasteiger partial charge in [-0.3, -0.25) is 0 Å². The quantitative estimate of drug-likeness (QED) is 0.415. The van der Waals surface area contributed by atoms with E-state index < -0.39 is 0 Å². The van der Waals surface area contributed by atoms with Crippen molar-refractivity contribution >= 4 is 17.3 Å². The Balaban J connectivity index is 0.000001000. The minimum Gasteiger partial charge on any atom is -0.532 e. The predicted octanol–water partition coefficient (Wildman–Crippen LogP) is 1.73. The molecule has 0 atom stereocenters. The minimum absolute atomic E-state index is 0. The van der Waals surface area contributed by atoms with E-state index in [0.29, 0.717) is 10.6 Å². The first-order chi connectivity index (χ1) is 4.61. The van der Waals surface area contributed by atoms with Crippen molar-refractivity contribution < 1.29 is 37.8 Å². The van der Waals surface area contributed by atoms with Gasteiger partial charge in [0.05, 0.1) is 0 Å². The van der Waals surface area contributed by atoms with Crippen LogP contribution in [-0.2, 0) is 32.7 Å². The van der Waals surface area contributed by atoms with Gasteiger partial charge in [0.15, 0.2) is 0 Å². The molecule has 0 saturated heterocycles. The predicted molar refractivity (Wildman–Crippen MR) is 41.1 cm³/mol. The van der Waals surface area contributed by atoms with Gasteiger partial charge in [0, 0.05) is 38.5 Å². The molecule has 0 aliphatic carbocycles. The summed E-state index contributed by atoms with van der Waals surface area (Å²) in [6.45, 7) is 1.75. The molecule has 1 rings (SSSR count). The van der Waals surface area contributed by atoms with E-state index in [-0.39, 0.29) is 44.1 Å². The van der Waals surface area contributed by atoms with E-state index in [4.69, 9.17) is 22.4 Å². The molecule has 0 spiro atoms. The second-order valence-corrected chi connectivity index (χ2v) is 2.45. The smallest absolute Gasteiger partial charge is 0.0264 e. The first kappa shape index (κ1) is 11.2. The third-order valence-electron chi connectivity index (χ3n) is 1.22. The molecule has 0 amide bonds. The van der Waals surface area contributed by atoms with Crippen LogP contribution in [0.15, 0.2) is 6.07 Å². The van der Waals surface area contributed by atoms with E-state index in [1.165, 1.54) is 6.07 Å². The van der Waals surface area contributed by atoms with E-state index in [1.54, 1.807) is 6.92 Å². The van der Waals surface area contributed by atoms with Crippen molar-refractivity contribution in [2.24, 2.45) is 0 Å². The molecule has 3 N–H and O–H groups in total. The van der Waals surface area contributed by atoms with E-state index in [9.17, 15) is 0 Å². The van der Waals surface area contributed by atoms with Gasteiger partial charge in [-0.1, -0.05) is 11.9 Å². The molecule has 0 bridgehead atoms. The Labute approximate surface area is 95.6 Å². The molecule has 1 aromatic rings. The Hall–Kier alpha value is 0.214. The zero-order valence-electron chi connectivity index (χ0n) is 6.06. The summed E-state index contributed by atoms with van der Waals surface area (Å²) in [5.74, 6) is -0.0399. The first-order valence-corrected chi connectivity index (χ1v) is 3.16. The van der Waals surface area contributed by atoms with Crippen LogP contribution in [0.5, 0.6) is 5.75 Å². The Morgan fingerprint density at radius 2 is 2.18 bits per heavy atom. The molecule has 1 radical (unpaired) electrons. The largest absolute Gasteiger partial charge is 0.532 e. The van der Waals surface area contributed by atoms with Crippen LogP contribution in [0.25, 0.3) is 0 Å². The van der Waals surface area contributed by atoms with Crippen molar-refractivity contribution in [3.05, 3.63) is 22.7 Å². The van der Waals surface area contributed by atoms with Gasteiger partial charge in [-0.15, -0.1) is 17.7 Å². The number of hydrogen-bond acceptors (Lipinski definition) is 2. The molecule has 0 unspecified atom stereocenters. The standard InChI is InChI=1S/C7H7ClNO.Y/c1-4-2-7(10)6(9)3-5(4)8;/h3,10H,9H2,1H3;/q-1;. The second-order valence-electron chi connectivity index (χ2n) is 2.05. The number of halogens is 1. The van der Waals surface area contributed by atoms with Gasteiger partial charge < -0.3 is 10.8 Å². The summed E-state index contributed by atoms with van der Waals surface area (Å²) in [4.78, 5) is 0. The van der Waals surface area contributed by atoms with Crippen LogP contribution >= 0.6 is 11.6 Å². The van der Waals surface area contributed by atoms with Gasteiger partial charge in [0.1, 0.15) is 0 Å². The Morgan fingerprint density at radius 3 is 2.64 bits per heavy atom. The van der Waals surface area contributed by atoms with Gasteiger partial charge in [-0.25, -0.2) is 0 Å². The Kier molecular flexibility index (Phi) is 4.38. The molecule has 2 nitrogen and oxygen atoms in total. The van der Waals surface area contributed by atoms with Crippen molar-refractivity contribution in [1.82, 2.24) is 0 Å². The molecule has 1 aromatic carbocycles. The average Bonchev–Trinajstić information content (AvgIpc) is 1.84. The number of hydrogen-bond donors (Lipinski definition) is 2. The normalized spacial score (nSPS) is 8.91. The molecule has 0 heterocycles. The number of aryl methyl sites for hydroxylation is 1. The third-order valence-corrected chi connectivity index (χ3v) is 1.61. The fraction of sp³-hybridized carbons (Fsp3) is 0.143. The molecule has 57 valence electrons. The molecule has 0 aromatic heterocycles. The van der Waals surface area contributed by atoms with Gasteiger partial charge in [-0.05, 0) is 5.69 Å². The molecule has 11 heavy (non-hydrogen) atoms. The molecule has 0 fully saturated rings. The topological polar surface area (TPSA) is 46.2 Å². The van der Waals surface area contributed by atoms with Crippen LogP contribution in [0, 0.1) is 13.0 Å². The molecule has 0 saturated carbocycles. The third kappa shape index (κ3) is 2.62. The van der Waals surface area contributed by atoms with Gasteiger partial charge in [0.2, 0.25) is 0 Å². The fourth-order valence-corrected chi connectivity index (χ4v) is 0.787. The zero-order valence-corrected chi connectivity index (χ0v) is 9.65. The average molecular weight is 245 g/mol. The number of rotatable bonds is 0. The van der Waals surface area contributed by atoms with Crippen molar-refractivity contribution in [3.63, 3.8) is 0 Å². The first-order valence-electron chi connectivity index (χ1n) is 2.78. The van der Waals surface area contributed by atoms with E-state index in [1.807, 2.05) is 0 Å². The number of phenols is 1. The van der Waals surface area contributed by atoms with Crippen molar-refractivity contribution in [1.29, 1.82) is 0 Å². The summed E-state index contributed by atoms with van der Waals surface area (Å²) < 4.78 is 0. The summed E-state index contributed by atoms with van der Waals surface area (Å²) in [6.07, 6.45) is 0. The molecular weight excluding hydrogens is 238 g/mol. The van der Waals surface area contributed by atoms with E-state index >= 15 is 0 Å². The minimum atomic E-state index is -0.0399. The summed E-state index contributed by atoms with van der Waals surface area (Å²) in [5, 5.41) is 9.51. The van der Waals surface area contributed by atoms with Crippen LogP contribution in [-0.4, -0.2) is 5.11 Å². The zero-order chi connectivity index (χ0) is 7.72. The summed E-state index contributed by atoms with van der Waals surface area (Å²) >= 11 is 5.66. The summed E-state index contributed by atoms with van der Waals surface area (Å²) in [6, 6.07) is 4.11. The van der Waals surface area contributed by atoms with Crippen LogP contribution in [0.2, 0.25) is 5.02 Å². The number of aromatic hydroxyl groups is 1. The summed E-state index contributed by atoms with van der Waals surface area (Å²) in [5.41, 5.74) is 6.29. The number of nitrogen functional groups attached to an aromatic ring is 1. The maximum Gasteiger partial charge on any atom is 0.0264 e. The van der Waals surface area contributed by atoms with Gasteiger partial charge in [-0.2, -0.15) is 11.6 Å². The van der Waals surface area contributed by atoms with Crippen LogP contribution < -0.4 is 5.73 Å². The van der Waals surface area contributed by atoms with E-state index in [2.05, 4.69) is 6.07 Å². The number of anilines is 1. The molecule has 4 heteroatoms. The van der Waals surface area contributed by atoms with Gasteiger partial charge in [0.25, 0.3) is 0 Å². The summed E-state index contributed by atoms with van der Waals surface area (Å²) in [7, 11) is 0. The SMILES string of the molecule is Cc1[c-]c(O)c(N)cc1Cl.[Y]. The van der Waals surface area contributed by atoms with Gasteiger partial charge >= 0.3 is 0 Å².